The number of carbonyl (C=O) groups is 2. The molecular weight excluding hydrogens is 847 g/mol. The van der Waals surface area contributed by atoms with E-state index in [1.54, 1.807) is 6.08 Å². The lowest BCUT2D eigenvalue weighted by Crippen LogP contribution is -2.61. The summed E-state index contributed by atoms with van der Waals surface area (Å²) in [6.07, 6.45) is 44.9. The summed E-state index contributed by atoms with van der Waals surface area (Å²) in [7, 11) is 0. The van der Waals surface area contributed by atoms with Crippen LogP contribution in [0.4, 0.5) is 0 Å². The molecule has 0 radical (unpaired) electrons. The van der Waals surface area contributed by atoms with Gasteiger partial charge in [-0.15, -0.1) is 0 Å². The topological polar surface area (TPSA) is 175 Å². The number of rotatable bonds is 42. The van der Waals surface area contributed by atoms with Gasteiger partial charge in [0, 0.05) is 6.42 Å². The fraction of sp³-hybridized carbons (Fsp3) is 0.714. The van der Waals surface area contributed by atoms with Crippen LogP contribution < -0.4 is 5.32 Å². The lowest BCUT2D eigenvalue weighted by molar-refractivity contribution is -0.305. The van der Waals surface area contributed by atoms with Crippen molar-refractivity contribution in [3.8, 4) is 0 Å². The van der Waals surface area contributed by atoms with Crippen molar-refractivity contribution in [2.75, 3.05) is 13.2 Å². The molecule has 1 fully saturated rings. The zero-order valence-corrected chi connectivity index (χ0v) is 42.0. The van der Waals surface area contributed by atoms with Gasteiger partial charge in [-0.2, -0.15) is 0 Å². The van der Waals surface area contributed by atoms with Crippen molar-refractivity contribution in [1.82, 2.24) is 5.32 Å². The smallest absolute Gasteiger partial charge is 0.306 e. The Morgan fingerprint density at radius 3 is 1.61 bits per heavy atom. The molecule has 0 aliphatic carbocycles. The zero-order chi connectivity index (χ0) is 49.0. The van der Waals surface area contributed by atoms with Crippen molar-refractivity contribution in [3.63, 3.8) is 0 Å². The van der Waals surface area contributed by atoms with E-state index in [1.807, 2.05) is 66.8 Å². The highest BCUT2D eigenvalue weighted by molar-refractivity contribution is 5.80. The molecule has 1 rings (SSSR count). The molecule has 0 bridgehead atoms. The fourth-order valence-electron chi connectivity index (χ4n) is 7.74. The SMILES string of the molecule is CC\C=C/C=C/C=C/C=C\C=C\C=C\CCCCCC(=O)OC1C(OCC(NC(=O)C(O)CCCCCCCCCCCC)C(O)/C=C/CCCCCCCCCCC)OC(CO)C(O)C1O. The Hall–Kier alpha value is -3.16. The second-order valence-electron chi connectivity index (χ2n) is 18.0. The Labute approximate surface area is 406 Å². The van der Waals surface area contributed by atoms with Crippen molar-refractivity contribution < 1.29 is 49.3 Å². The van der Waals surface area contributed by atoms with Gasteiger partial charge in [-0.1, -0.05) is 228 Å². The third-order valence-electron chi connectivity index (χ3n) is 12.0. The maximum atomic E-state index is 13.3. The highest BCUT2D eigenvalue weighted by atomic mass is 16.7. The minimum absolute atomic E-state index is 0.0690. The first-order valence-electron chi connectivity index (χ1n) is 26.4. The van der Waals surface area contributed by atoms with Gasteiger partial charge in [0.25, 0.3) is 0 Å². The number of esters is 1. The standard InChI is InChI=1S/C56H95NO10/c1-4-7-10-13-16-19-22-23-24-25-26-27-29-32-35-38-41-44-51(61)67-54-53(63)52(62)50(45-58)66-56(54)65-46-47(48(59)42-39-36-33-31-28-20-17-14-11-8-5-2)57-55(64)49(60)43-40-37-34-30-21-18-15-12-9-6-3/h7,10,13,16,19,22-27,29,39,42,47-50,52-54,56,58-60,62-63H,4-6,8-9,11-12,14-15,17-18,20-21,28,30-38,40-41,43-46H2,1-3H3,(H,57,64)/b10-7-,16-13+,22-19+,24-23-,26-25+,29-27+,42-39+. The summed E-state index contributed by atoms with van der Waals surface area (Å²) >= 11 is 0. The number of ether oxygens (including phenoxy) is 3. The van der Waals surface area contributed by atoms with Crippen molar-refractivity contribution in [1.29, 1.82) is 0 Å². The molecule has 8 atom stereocenters. The number of unbranched alkanes of at least 4 members (excludes halogenated alkanes) is 21. The van der Waals surface area contributed by atoms with Crippen molar-refractivity contribution in [3.05, 3.63) is 85.1 Å². The summed E-state index contributed by atoms with van der Waals surface area (Å²) < 4.78 is 17.5. The minimum Gasteiger partial charge on any atom is -0.454 e. The summed E-state index contributed by atoms with van der Waals surface area (Å²) in [4.78, 5) is 26.3. The van der Waals surface area contributed by atoms with Gasteiger partial charge in [-0.3, -0.25) is 9.59 Å². The quantitative estimate of drug-likeness (QED) is 0.0150. The number of aliphatic hydroxyl groups excluding tert-OH is 5. The monoisotopic (exact) mass is 942 g/mol. The predicted octanol–water partition coefficient (Wildman–Crippen LogP) is 11.0. The van der Waals surface area contributed by atoms with E-state index in [1.165, 1.54) is 77.0 Å². The number of amides is 1. The first-order chi connectivity index (χ1) is 32.7. The van der Waals surface area contributed by atoms with E-state index < -0.39 is 67.4 Å². The van der Waals surface area contributed by atoms with E-state index in [9.17, 15) is 35.1 Å². The van der Waals surface area contributed by atoms with Crippen LogP contribution in [0.1, 0.15) is 194 Å². The van der Waals surface area contributed by atoms with Crippen LogP contribution in [-0.2, 0) is 23.8 Å². The Morgan fingerprint density at radius 2 is 1.07 bits per heavy atom. The second-order valence-corrected chi connectivity index (χ2v) is 18.0. The Morgan fingerprint density at radius 1 is 0.597 bits per heavy atom. The van der Waals surface area contributed by atoms with E-state index in [-0.39, 0.29) is 19.4 Å². The summed E-state index contributed by atoms with van der Waals surface area (Å²) in [5.41, 5.74) is 0. The zero-order valence-electron chi connectivity index (χ0n) is 42.0. The molecule has 1 heterocycles. The van der Waals surface area contributed by atoms with Crippen LogP contribution in [0, 0.1) is 0 Å². The minimum atomic E-state index is -1.63. The third kappa shape index (κ3) is 33.1. The summed E-state index contributed by atoms with van der Waals surface area (Å²) in [5.74, 6) is -1.25. The molecule has 0 aromatic carbocycles. The van der Waals surface area contributed by atoms with Crippen molar-refractivity contribution in [2.45, 2.75) is 243 Å². The maximum Gasteiger partial charge on any atom is 0.306 e. The molecule has 6 N–H and O–H groups in total. The van der Waals surface area contributed by atoms with Crippen LogP contribution >= 0.6 is 0 Å². The number of nitrogens with one attached hydrogen (secondary N) is 1. The van der Waals surface area contributed by atoms with Gasteiger partial charge >= 0.3 is 5.97 Å². The third-order valence-corrected chi connectivity index (χ3v) is 12.0. The number of carbonyl (C=O) groups excluding carboxylic acids is 2. The predicted molar refractivity (Wildman–Crippen MR) is 273 cm³/mol. The van der Waals surface area contributed by atoms with E-state index in [4.69, 9.17) is 14.2 Å². The molecule has 8 unspecified atom stereocenters. The molecule has 1 aliphatic rings. The molecule has 0 saturated carbocycles. The largest absolute Gasteiger partial charge is 0.454 e. The van der Waals surface area contributed by atoms with Crippen LogP contribution in [0.2, 0.25) is 0 Å². The van der Waals surface area contributed by atoms with Crippen LogP contribution in [0.3, 0.4) is 0 Å². The summed E-state index contributed by atoms with van der Waals surface area (Å²) in [6, 6.07) is -1.03. The summed E-state index contributed by atoms with van der Waals surface area (Å²) in [6.45, 7) is 5.56. The van der Waals surface area contributed by atoms with E-state index in [0.717, 1.165) is 70.6 Å². The molecule has 1 aliphatic heterocycles. The van der Waals surface area contributed by atoms with Crippen LogP contribution in [0.15, 0.2) is 85.1 Å². The average Bonchev–Trinajstić information content (AvgIpc) is 3.32. The Bertz CT molecular complexity index is 1410. The molecule has 1 saturated heterocycles. The highest BCUT2D eigenvalue weighted by Gasteiger charge is 2.47. The Kier molecular flexibility index (Phi) is 40.7. The van der Waals surface area contributed by atoms with Gasteiger partial charge in [0.05, 0.1) is 25.4 Å². The number of aliphatic hydroxyl groups is 5. The van der Waals surface area contributed by atoms with Gasteiger partial charge in [0.2, 0.25) is 5.91 Å². The molecule has 0 spiro atoms. The molecule has 67 heavy (non-hydrogen) atoms. The maximum absolute atomic E-state index is 13.3. The fourth-order valence-corrected chi connectivity index (χ4v) is 7.74. The lowest BCUT2D eigenvalue weighted by atomic mass is 9.99. The van der Waals surface area contributed by atoms with Crippen molar-refractivity contribution in [2.24, 2.45) is 0 Å². The molecule has 11 nitrogen and oxygen atoms in total. The van der Waals surface area contributed by atoms with E-state index in [2.05, 4.69) is 38.2 Å². The van der Waals surface area contributed by atoms with Crippen molar-refractivity contribution >= 4 is 11.9 Å². The number of allylic oxidation sites excluding steroid dienone is 13. The first-order valence-corrected chi connectivity index (χ1v) is 26.4. The lowest BCUT2D eigenvalue weighted by Gasteiger charge is -2.41. The molecular formula is C56H95NO10. The number of hydrogen-bond acceptors (Lipinski definition) is 10. The average molecular weight is 942 g/mol. The van der Waals surface area contributed by atoms with E-state index >= 15 is 0 Å². The molecule has 384 valence electrons. The molecule has 0 aromatic rings. The molecule has 11 heteroatoms. The van der Waals surface area contributed by atoms with Gasteiger partial charge < -0.3 is 45.1 Å². The van der Waals surface area contributed by atoms with Gasteiger partial charge in [0.15, 0.2) is 12.4 Å². The highest BCUT2D eigenvalue weighted by Crippen LogP contribution is 2.26. The van der Waals surface area contributed by atoms with E-state index in [0.29, 0.717) is 12.8 Å². The van der Waals surface area contributed by atoms with Gasteiger partial charge in [-0.25, -0.2) is 0 Å². The Balaban J connectivity index is 2.80. The van der Waals surface area contributed by atoms with Crippen LogP contribution in [0.5, 0.6) is 0 Å². The van der Waals surface area contributed by atoms with Crippen LogP contribution in [-0.4, -0.2) is 99.6 Å². The summed E-state index contributed by atoms with van der Waals surface area (Å²) in [5, 5.41) is 56.5. The molecule has 1 amide bonds. The van der Waals surface area contributed by atoms with Gasteiger partial charge in [0.1, 0.15) is 24.4 Å². The van der Waals surface area contributed by atoms with Gasteiger partial charge in [-0.05, 0) is 44.9 Å². The molecule has 0 aromatic heterocycles. The second kappa shape index (κ2) is 44.1. The number of hydrogen-bond donors (Lipinski definition) is 6. The first kappa shape index (κ1) is 61.9. The normalized spacial score (nSPS) is 20.7. The van der Waals surface area contributed by atoms with Crippen LogP contribution in [0.25, 0.3) is 0 Å².